The predicted octanol–water partition coefficient (Wildman–Crippen LogP) is 2.52. The Morgan fingerprint density at radius 1 is 1.32 bits per heavy atom. The van der Waals surface area contributed by atoms with Crippen molar-refractivity contribution in [3.63, 3.8) is 0 Å². The van der Waals surface area contributed by atoms with Gasteiger partial charge in [0.2, 0.25) is 5.95 Å². The van der Waals surface area contributed by atoms with E-state index < -0.39 is 5.60 Å². The molecule has 0 bridgehead atoms. The normalized spacial score (nSPS) is 15.6. The fourth-order valence-electron chi connectivity index (χ4n) is 2.18. The van der Waals surface area contributed by atoms with Gasteiger partial charge in [0.25, 0.3) is 0 Å². The third-order valence-corrected chi connectivity index (χ3v) is 3.90. The van der Waals surface area contributed by atoms with Gasteiger partial charge in [0.05, 0.1) is 10.8 Å². The summed E-state index contributed by atoms with van der Waals surface area (Å²) in [5.41, 5.74) is -0.484. The van der Waals surface area contributed by atoms with Gasteiger partial charge in [-0.3, -0.25) is 0 Å². The Hall–Kier alpha value is -1.90. The number of ether oxygens (including phenoxy) is 1. The molecule has 0 aromatic carbocycles. The molecule has 1 aliphatic heterocycles. The molecule has 1 aromatic rings. The zero-order valence-corrected chi connectivity index (χ0v) is 16.9. The lowest BCUT2D eigenvalue weighted by molar-refractivity contribution is 0.0240. The maximum atomic E-state index is 12.1. The van der Waals surface area contributed by atoms with Crippen LogP contribution in [0.15, 0.2) is 15.7 Å². The van der Waals surface area contributed by atoms with Gasteiger partial charge in [0.15, 0.2) is 5.82 Å². The van der Waals surface area contributed by atoms with Crippen LogP contribution in [0, 0.1) is 0 Å². The number of halogens is 1. The van der Waals surface area contributed by atoms with Crippen molar-refractivity contribution in [2.75, 3.05) is 45.2 Å². The third-order valence-electron chi connectivity index (χ3n) is 3.34. The van der Waals surface area contributed by atoms with Crippen LogP contribution in [0.25, 0.3) is 0 Å². The first-order valence-corrected chi connectivity index (χ1v) is 8.91. The fraction of sp³-hybridized carbons (Fsp3) is 0.625. The van der Waals surface area contributed by atoms with E-state index in [0.29, 0.717) is 37.9 Å². The van der Waals surface area contributed by atoms with Crippen molar-refractivity contribution in [1.29, 1.82) is 0 Å². The molecule has 8 nitrogen and oxygen atoms in total. The van der Waals surface area contributed by atoms with Crippen molar-refractivity contribution in [3.05, 3.63) is 10.7 Å². The molecule has 2 heterocycles. The maximum absolute atomic E-state index is 12.1. The largest absolute Gasteiger partial charge is 0.444 e. The zero-order chi connectivity index (χ0) is 18.6. The summed E-state index contributed by atoms with van der Waals surface area (Å²) < 4.78 is 6.15. The van der Waals surface area contributed by atoms with Crippen LogP contribution in [0.5, 0.6) is 0 Å². The summed E-state index contributed by atoms with van der Waals surface area (Å²) in [6.07, 6.45) is 3.11. The van der Waals surface area contributed by atoms with Crippen LogP contribution in [0.2, 0.25) is 0 Å². The highest BCUT2D eigenvalue weighted by Gasteiger charge is 2.26. The van der Waals surface area contributed by atoms with E-state index in [1.807, 2.05) is 44.7 Å². The van der Waals surface area contributed by atoms with Gasteiger partial charge in [0, 0.05) is 46.5 Å². The van der Waals surface area contributed by atoms with E-state index >= 15 is 0 Å². The number of rotatable bonds is 3. The second-order valence-corrected chi connectivity index (χ2v) is 7.86. The number of anilines is 1. The van der Waals surface area contributed by atoms with Crippen molar-refractivity contribution < 1.29 is 9.53 Å². The molecule has 0 unspecified atom stereocenters. The minimum Gasteiger partial charge on any atom is -0.444 e. The fourth-order valence-corrected chi connectivity index (χ4v) is 2.47. The summed E-state index contributed by atoms with van der Waals surface area (Å²) >= 11 is 3.42. The minimum atomic E-state index is -0.484. The number of nitrogens with zero attached hydrogens (tertiary/aromatic N) is 6. The molecule has 0 radical (unpaired) electrons. The van der Waals surface area contributed by atoms with Crippen molar-refractivity contribution in [2.45, 2.75) is 26.4 Å². The monoisotopic (exact) mass is 412 g/mol. The SMILES string of the molecule is CN(C)C=Nc1nc(N2CCN(C(=O)OC(C)(C)C)CC2)ncc1Br. The molecule has 0 atom stereocenters. The first kappa shape index (κ1) is 19.4. The van der Waals surface area contributed by atoms with Crippen LogP contribution < -0.4 is 4.90 Å². The van der Waals surface area contributed by atoms with Crippen LogP contribution >= 0.6 is 15.9 Å². The summed E-state index contributed by atoms with van der Waals surface area (Å²) in [7, 11) is 3.80. The predicted molar refractivity (Wildman–Crippen MR) is 102 cm³/mol. The van der Waals surface area contributed by atoms with E-state index in [4.69, 9.17) is 4.74 Å². The number of amides is 1. The lowest BCUT2D eigenvalue weighted by Crippen LogP contribution is -2.50. The van der Waals surface area contributed by atoms with E-state index in [1.165, 1.54) is 0 Å². The molecule has 0 saturated carbocycles. The molecule has 138 valence electrons. The van der Waals surface area contributed by atoms with E-state index in [2.05, 4.69) is 30.9 Å². The van der Waals surface area contributed by atoms with Crippen LogP contribution in [0.4, 0.5) is 16.6 Å². The summed E-state index contributed by atoms with van der Waals surface area (Å²) in [4.78, 5) is 30.9. The molecule has 1 aliphatic rings. The highest BCUT2D eigenvalue weighted by Crippen LogP contribution is 2.24. The molecule has 1 fully saturated rings. The highest BCUT2D eigenvalue weighted by molar-refractivity contribution is 9.10. The number of piperazine rings is 1. The zero-order valence-electron chi connectivity index (χ0n) is 15.4. The first-order valence-electron chi connectivity index (χ1n) is 8.12. The molecule has 9 heteroatoms. The molecule has 2 rings (SSSR count). The Morgan fingerprint density at radius 2 is 1.96 bits per heavy atom. The Bertz CT molecular complexity index is 636. The lowest BCUT2D eigenvalue weighted by Gasteiger charge is -2.35. The van der Waals surface area contributed by atoms with Crippen molar-refractivity contribution in [1.82, 2.24) is 19.8 Å². The Morgan fingerprint density at radius 3 is 2.52 bits per heavy atom. The standard InChI is InChI=1S/C16H25BrN6O2/c1-16(2,3)25-15(24)23-8-6-22(7-9-23)14-18-10-12(17)13(20-14)19-11-21(4)5/h10-11H,6-9H2,1-5H3. The number of hydrogen-bond donors (Lipinski definition) is 0. The maximum Gasteiger partial charge on any atom is 0.410 e. The van der Waals surface area contributed by atoms with Gasteiger partial charge in [-0.1, -0.05) is 0 Å². The van der Waals surface area contributed by atoms with E-state index in [1.54, 1.807) is 17.4 Å². The Balaban J connectivity index is 2.01. The third kappa shape index (κ3) is 5.84. The number of aliphatic imine (C=N–C) groups is 1. The van der Waals surface area contributed by atoms with Gasteiger partial charge < -0.3 is 19.4 Å². The summed E-state index contributed by atoms with van der Waals surface area (Å²) in [6, 6.07) is 0. The van der Waals surface area contributed by atoms with Gasteiger partial charge in [-0.25, -0.2) is 14.8 Å². The molecule has 1 amide bonds. The van der Waals surface area contributed by atoms with Gasteiger partial charge in [-0.05, 0) is 36.7 Å². The Kier molecular flexibility index (Phi) is 6.21. The van der Waals surface area contributed by atoms with E-state index in [0.717, 1.165) is 4.47 Å². The average molecular weight is 413 g/mol. The van der Waals surface area contributed by atoms with Crippen molar-refractivity contribution in [3.8, 4) is 0 Å². The van der Waals surface area contributed by atoms with E-state index in [9.17, 15) is 4.79 Å². The topological polar surface area (TPSA) is 74.2 Å². The summed E-state index contributed by atoms with van der Waals surface area (Å²) in [5.74, 6) is 1.19. The van der Waals surface area contributed by atoms with Crippen LogP contribution in [-0.4, -0.2) is 78.1 Å². The van der Waals surface area contributed by atoms with Crippen molar-refractivity contribution in [2.24, 2.45) is 4.99 Å². The van der Waals surface area contributed by atoms with Crippen LogP contribution in [-0.2, 0) is 4.74 Å². The smallest absolute Gasteiger partial charge is 0.410 e. The number of aromatic nitrogens is 2. The second-order valence-electron chi connectivity index (χ2n) is 7.00. The average Bonchev–Trinajstić information content (AvgIpc) is 2.52. The minimum absolute atomic E-state index is 0.278. The number of hydrogen-bond acceptors (Lipinski definition) is 6. The van der Waals surface area contributed by atoms with Gasteiger partial charge in [-0.2, -0.15) is 4.98 Å². The molecule has 1 saturated heterocycles. The molecule has 25 heavy (non-hydrogen) atoms. The molecule has 1 aromatic heterocycles. The van der Waals surface area contributed by atoms with E-state index in [-0.39, 0.29) is 6.09 Å². The van der Waals surface area contributed by atoms with Crippen molar-refractivity contribution >= 4 is 40.1 Å². The lowest BCUT2D eigenvalue weighted by atomic mass is 10.2. The molecule has 0 N–H and O–H groups in total. The molecule has 0 spiro atoms. The molecule has 0 aliphatic carbocycles. The quantitative estimate of drug-likeness (QED) is 0.560. The van der Waals surface area contributed by atoms with Gasteiger partial charge >= 0.3 is 6.09 Å². The molecular weight excluding hydrogens is 388 g/mol. The second kappa shape index (κ2) is 7.99. The first-order chi connectivity index (χ1) is 11.7. The Labute approximate surface area is 157 Å². The summed E-state index contributed by atoms with van der Waals surface area (Å²) in [6.45, 7) is 8.05. The van der Waals surface area contributed by atoms with Crippen LogP contribution in [0.3, 0.4) is 0 Å². The van der Waals surface area contributed by atoms with Gasteiger partial charge in [-0.15, -0.1) is 0 Å². The highest BCUT2D eigenvalue weighted by atomic mass is 79.9. The van der Waals surface area contributed by atoms with Gasteiger partial charge in [0.1, 0.15) is 5.60 Å². The number of carbonyl (C=O) groups is 1. The summed E-state index contributed by atoms with van der Waals surface area (Å²) in [5, 5.41) is 0. The number of carbonyl (C=O) groups excluding carboxylic acids is 1. The van der Waals surface area contributed by atoms with Crippen LogP contribution in [0.1, 0.15) is 20.8 Å². The molecular formula is C16H25BrN6O2.